The number of nitrogens with two attached hydrogens (primary N) is 1. The van der Waals surface area contributed by atoms with Crippen LogP contribution in [-0.4, -0.2) is 15.5 Å². The highest BCUT2D eigenvalue weighted by Crippen LogP contribution is 2.24. The Morgan fingerprint density at radius 2 is 2.04 bits per heavy atom. The molecule has 1 aromatic heterocycles. The fourth-order valence-corrected chi connectivity index (χ4v) is 2.75. The lowest BCUT2D eigenvalue weighted by Crippen LogP contribution is -2.35. The Bertz CT molecular complexity index is 995. The second kappa shape index (κ2) is 7.70. The zero-order valence-corrected chi connectivity index (χ0v) is 14.9. The number of nitrogens with zero attached hydrogens (tertiary/aromatic N) is 2. The third kappa shape index (κ3) is 4.19. The number of aromatic amines is 1. The second-order valence-corrected chi connectivity index (χ2v) is 6.37. The van der Waals surface area contributed by atoms with E-state index in [9.17, 15) is 14.4 Å². The first-order chi connectivity index (χ1) is 12.2. The number of aryl methyl sites for hydroxylation is 1. The van der Waals surface area contributed by atoms with Crippen LogP contribution in [-0.2, 0) is 11.3 Å². The van der Waals surface area contributed by atoms with Gasteiger partial charge in [0.05, 0.1) is 17.2 Å². The molecule has 0 saturated heterocycles. The number of primary amides is 1. The van der Waals surface area contributed by atoms with E-state index in [4.69, 9.17) is 11.0 Å². The third-order valence-corrected chi connectivity index (χ3v) is 3.86. The standard InChI is InChI=1S/C18H21N5O3/c1-10(2)15-16(21-13-7-11(3)6-12(8-13)9-19)23(5-4-14(20)24)18(26)22-17(15)25/h6-8,10,21H,4-5H2,1-3H3,(H2,20,24)(H,22,25,26). The molecule has 0 bridgehead atoms. The summed E-state index contributed by atoms with van der Waals surface area (Å²) >= 11 is 0. The lowest BCUT2D eigenvalue weighted by atomic mass is 10.0. The lowest BCUT2D eigenvalue weighted by molar-refractivity contribution is -0.118. The van der Waals surface area contributed by atoms with Gasteiger partial charge in [0.25, 0.3) is 5.56 Å². The van der Waals surface area contributed by atoms with Gasteiger partial charge in [-0.25, -0.2) is 4.79 Å². The van der Waals surface area contributed by atoms with E-state index in [1.807, 2.05) is 20.8 Å². The maximum atomic E-state index is 12.3. The van der Waals surface area contributed by atoms with Crippen LogP contribution in [0.5, 0.6) is 0 Å². The Morgan fingerprint density at radius 1 is 1.35 bits per heavy atom. The molecule has 0 aliphatic rings. The van der Waals surface area contributed by atoms with E-state index in [1.54, 1.807) is 18.2 Å². The molecule has 2 rings (SSSR count). The highest BCUT2D eigenvalue weighted by molar-refractivity contribution is 5.73. The van der Waals surface area contributed by atoms with Crippen molar-refractivity contribution in [3.05, 3.63) is 55.7 Å². The summed E-state index contributed by atoms with van der Waals surface area (Å²) in [6.07, 6.45) is -0.0462. The molecule has 0 aliphatic carbocycles. The van der Waals surface area contributed by atoms with E-state index in [-0.39, 0.29) is 18.9 Å². The van der Waals surface area contributed by atoms with Crippen molar-refractivity contribution in [2.45, 2.75) is 39.7 Å². The SMILES string of the molecule is Cc1cc(C#N)cc(Nc2c(C(C)C)c(=O)[nH]c(=O)n2CCC(N)=O)c1. The molecule has 0 radical (unpaired) electrons. The van der Waals surface area contributed by atoms with Crippen molar-refractivity contribution in [2.24, 2.45) is 5.73 Å². The summed E-state index contributed by atoms with van der Waals surface area (Å²) in [7, 11) is 0. The molecule has 0 saturated carbocycles. The van der Waals surface area contributed by atoms with Crippen molar-refractivity contribution < 1.29 is 4.79 Å². The summed E-state index contributed by atoms with van der Waals surface area (Å²) < 4.78 is 1.29. The molecule has 8 heteroatoms. The van der Waals surface area contributed by atoms with Crippen molar-refractivity contribution in [1.29, 1.82) is 5.26 Å². The molecular formula is C18H21N5O3. The Morgan fingerprint density at radius 3 is 2.62 bits per heavy atom. The third-order valence-electron chi connectivity index (χ3n) is 3.86. The van der Waals surface area contributed by atoms with Crippen LogP contribution in [0.4, 0.5) is 11.5 Å². The number of aromatic nitrogens is 2. The number of carbonyl (C=O) groups excluding carboxylic acids is 1. The average Bonchev–Trinajstić information content (AvgIpc) is 2.52. The predicted octanol–water partition coefficient (Wildman–Crippen LogP) is 1.46. The molecule has 0 spiro atoms. The van der Waals surface area contributed by atoms with Crippen LogP contribution >= 0.6 is 0 Å². The smallest absolute Gasteiger partial charge is 0.329 e. The van der Waals surface area contributed by atoms with Crippen molar-refractivity contribution in [1.82, 2.24) is 9.55 Å². The molecule has 1 heterocycles. The molecule has 0 atom stereocenters. The maximum absolute atomic E-state index is 12.3. The van der Waals surface area contributed by atoms with E-state index in [2.05, 4.69) is 16.4 Å². The number of H-pyrrole nitrogens is 1. The molecule has 0 fully saturated rings. The van der Waals surface area contributed by atoms with Crippen molar-refractivity contribution in [3.63, 3.8) is 0 Å². The van der Waals surface area contributed by atoms with E-state index in [0.717, 1.165) is 5.56 Å². The van der Waals surface area contributed by atoms with Gasteiger partial charge in [-0.2, -0.15) is 5.26 Å². The molecule has 4 N–H and O–H groups in total. The predicted molar refractivity (Wildman–Crippen MR) is 98.4 cm³/mol. The molecule has 26 heavy (non-hydrogen) atoms. The van der Waals surface area contributed by atoms with Crippen LogP contribution in [0, 0.1) is 18.3 Å². The molecule has 2 aromatic rings. The summed E-state index contributed by atoms with van der Waals surface area (Å²) in [6, 6.07) is 7.23. The topological polar surface area (TPSA) is 134 Å². The van der Waals surface area contributed by atoms with Gasteiger partial charge >= 0.3 is 5.69 Å². The number of hydrogen-bond acceptors (Lipinski definition) is 5. The number of benzene rings is 1. The van der Waals surface area contributed by atoms with Crippen LogP contribution < -0.4 is 22.3 Å². The normalized spacial score (nSPS) is 10.6. The van der Waals surface area contributed by atoms with E-state index in [1.165, 1.54) is 4.57 Å². The van der Waals surface area contributed by atoms with Crippen molar-refractivity contribution in [2.75, 3.05) is 5.32 Å². The fourth-order valence-electron chi connectivity index (χ4n) is 2.75. The van der Waals surface area contributed by atoms with Crippen LogP contribution in [0.1, 0.15) is 42.9 Å². The highest BCUT2D eigenvalue weighted by atomic mass is 16.2. The van der Waals surface area contributed by atoms with Gasteiger partial charge in [-0.05, 0) is 36.6 Å². The Hall–Kier alpha value is -3.34. The maximum Gasteiger partial charge on any atom is 0.329 e. The van der Waals surface area contributed by atoms with Gasteiger partial charge in [-0.1, -0.05) is 13.8 Å². The number of amides is 1. The zero-order valence-electron chi connectivity index (χ0n) is 14.9. The molecule has 8 nitrogen and oxygen atoms in total. The summed E-state index contributed by atoms with van der Waals surface area (Å²) in [5.41, 5.74) is 6.34. The lowest BCUT2D eigenvalue weighted by Gasteiger charge is -2.19. The first kappa shape index (κ1) is 19.0. The zero-order chi connectivity index (χ0) is 19.4. The van der Waals surface area contributed by atoms with Gasteiger partial charge in [0.2, 0.25) is 5.91 Å². The Labute approximate surface area is 150 Å². The van der Waals surface area contributed by atoms with E-state index in [0.29, 0.717) is 22.6 Å². The van der Waals surface area contributed by atoms with Gasteiger partial charge in [0.1, 0.15) is 5.82 Å². The van der Waals surface area contributed by atoms with Gasteiger partial charge < -0.3 is 11.1 Å². The molecule has 1 amide bonds. The van der Waals surface area contributed by atoms with Crippen LogP contribution in [0.3, 0.4) is 0 Å². The van der Waals surface area contributed by atoms with Gasteiger partial charge in [0, 0.05) is 18.7 Å². The number of hydrogen-bond donors (Lipinski definition) is 3. The minimum absolute atomic E-state index is 0.0317. The monoisotopic (exact) mass is 355 g/mol. The summed E-state index contributed by atoms with van der Waals surface area (Å²) in [5.74, 6) is -0.436. The number of carbonyl (C=O) groups is 1. The van der Waals surface area contributed by atoms with Crippen LogP contribution in [0.2, 0.25) is 0 Å². The summed E-state index contributed by atoms with van der Waals surface area (Å²) in [4.78, 5) is 38.0. The Kier molecular flexibility index (Phi) is 5.62. The van der Waals surface area contributed by atoms with Crippen LogP contribution in [0.25, 0.3) is 0 Å². The molecule has 1 aromatic carbocycles. The first-order valence-electron chi connectivity index (χ1n) is 8.17. The highest BCUT2D eigenvalue weighted by Gasteiger charge is 2.18. The molecule has 136 valence electrons. The number of rotatable bonds is 6. The second-order valence-electron chi connectivity index (χ2n) is 6.37. The number of nitriles is 1. The van der Waals surface area contributed by atoms with E-state index < -0.39 is 17.2 Å². The molecular weight excluding hydrogens is 334 g/mol. The molecule has 0 aliphatic heterocycles. The first-order valence-corrected chi connectivity index (χ1v) is 8.17. The van der Waals surface area contributed by atoms with Crippen LogP contribution in [0.15, 0.2) is 27.8 Å². The molecule has 0 unspecified atom stereocenters. The average molecular weight is 355 g/mol. The fraction of sp³-hybridized carbons (Fsp3) is 0.333. The van der Waals surface area contributed by atoms with Gasteiger partial charge in [0.15, 0.2) is 0 Å². The number of anilines is 2. The van der Waals surface area contributed by atoms with Crippen molar-refractivity contribution >= 4 is 17.4 Å². The minimum atomic E-state index is -0.628. The summed E-state index contributed by atoms with van der Waals surface area (Å²) in [6.45, 7) is 5.53. The largest absolute Gasteiger partial charge is 0.370 e. The van der Waals surface area contributed by atoms with Crippen molar-refractivity contribution in [3.8, 4) is 6.07 Å². The number of nitrogens with one attached hydrogen (secondary N) is 2. The van der Waals surface area contributed by atoms with E-state index >= 15 is 0 Å². The Balaban J connectivity index is 2.66. The van der Waals surface area contributed by atoms with Gasteiger partial charge in [-0.15, -0.1) is 0 Å². The minimum Gasteiger partial charge on any atom is -0.370 e. The van der Waals surface area contributed by atoms with Gasteiger partial charge in [-0.3, -0.25) is 19.1 Å². The summed E-state index contributed by atoms with van der Waals surface area (Å²) in [5, 5.41) is 12.2. The quantitative estimate of drug-likeness (QED) is 0.721.